The summed E-state index contributed by atoms with van der Waals surface area (Å²) in [4.78, 5) is 14.7. The summed E-state index contributed by atoms with van der Waals surface area (Å²) in [5.41, 5.74) is 0.770. The molecule has 3 nitrogen and oxygen atoms in total. The summed E-state index contributed by atoms with van der Waals surface area (Å²) in [6, 6.07) is 9.77. The summed E-state index contributed by atoms with van der Waals surface area (Å²) in [5.74, 6) is 0.414. The lowest BCUT2D eigenvalue weighted by Gasteiger charge is -2.40. The average molecular weight is 273 g/mol. The zero-order valence-corrected chi connectivity index (χ0v) is 11.9. The maximum atomic E-state index is 12.7. The number of rotatable bonds is 2. The second-order valence-corrected chi connectivity index (χ2v) is 6.09. The first-order valence-corrected chi connectivity index (χ1v) is 7.81. The van der Waals surface area contributed by atoms with Gasteiger partial charge in [0.25, 0.3) is 5.91 Å². The Balaban J connectivity index is 1.80. The van der Waals surface area contributed by atoms with Gasteiger partial charge < -0.3 is 10.0 Å². The maximum absolute atomic E-state index is 12.7. The summed E-state index contributed by atoms with van der Waals surface area (Å²) >= 11 is 0. The molecule has 3 heteroatoms. The van der Waals surface area contributed by atoms with Crippen LogP contribution in [-0.2, 0) is 0 Å². The van der Waals surface area contributed by atoms with Gasteiger partial charge >= 0.3 is 0 Å². The van der Waals surface area contributed by atoms with Gasteiger partial charge in [-0.05, 0) is 44.2 Å². The van der Waals surface area contributed by atoms with Gasteiger partial charge in [-0.3, -0.25) is 4.79 Å². The molecule has 3 unspecified atom stereocenters. The lowest BCUT2D eigenvalue weighted by molar-refractivity contribution is 0.0288. The molecule has 1 aliphatic heterocycles. The van der Waals surface area contributed by atoms with Gasteiger partial charge in [0.15, 0.2) is 0 Å². The first kappa shape index (κ1) is 13.6. The number of benzene rings is 1. The Bertz CT molecular complexity index is 459. The molecule has 2 fully saturated rings. The van der Waals surface area contributed by atoms with Crippen LogP contribution in [0.3, 0.4) is 0 Å². The zero-order valence-electron chi connectivity index (χ0n) is 11.9. The van der Waals surface area contributed by atoms with Crippen LogP contribution in [-0.4, -0.2) is 34.6 Å². The van der Waals surface area contributed by atoms with Gasteiger partial charge in [0.2, 0.25) is 0 Å². The van der Waals surface area contributed by atoms with Crippen molar-refractivity contribution >= 4 is 5.91 Å². The zero-order chi connectivity index (χ0) is 13.9. The van der Waals surface area contributed by atoms with E-state index in [-0.39, 0.29) is 24.0 Å². The molecule has 0 bridgehead atoms. The number of hydrogen-bond acceptors (Lipinski definition) is 2. The Labute approximate surface area is 120 Å². The van der Waals surface area contributed by atoms with E-state index in [2.05, 4.69) is 0 Å². The second kappa shape index (κ2) is 5.96. The molecular formula is C17H23NO2. The minimum Gasteiger partial charge on any atom is -0.393 e. The van der Waals surface area contributed by atoms with Gasteiger partial charge in [-0.1, -0.05) is 24.6 Å². The van der Waals surface area contributed by atoms with E-state index >= 15 is 0 Å². The molecule has 3 atom stereocenters. The van der Waals surface area contributed by atoms with Crippen molar-refractivity contribution < 1.29 is 9.90 Å². The van der Waals surface area contributed by atoms with Crippen LogP contribution in [0.1, 0.15) is 48.9 Å². The number of aliphatic hydroxyl groups is 1. The van der Waals surface area contributed by atoms with Crippen LogP contribution in [0.4, 0.5) is 0 Å². The smallest absolute Gasteiger partial charge is 0.254 e. The molecule has 1 aromatic rings. The molecule has 1 heterocycles. The predicted molar refractivity (Wildman–Crippen MR) is 78.5 cm³/mol. The first-order valence-electron chi connectivity index (χ1n) is 7.81. The third-order valence-electron chi connectivity index (χ3n) is 4.86. The SMILES string of the molecule is O=C(c1ccccc1)N1CCCCC1C1CCCC1O. The normalized spacial score (nSPS) is 30.4. The van der Waals surface area contributed by atoms with Gasteiger partial charge in [-0.2, -0.15) is 0 Å². The number of carbonyl (C=O) groups is 1. The molecule has 1 aromatic carbocycles. The van der Waals surface area contributed by atoms with Crippen LogP contribution in [0.25, 0.3) is 0 Å². The minimum absolute atomic E-state index is 0.134. The number of likely N-dealkylation sites (tertiary alicyclic amines) is 1. The van der Waals surface area contributed by atoms with Crippen LogP contribution in [0.5, 0.6) is 0 Å². The highest BCUT2D eigenvalue weighted by atomic mass is 16.3. The van der Waals surface area contributed by atoms with Crippen molar-refractivity contribution in [3.8, 4) is 0 Å². The lowest BCUT2D eigenvalue weighted by atomic mass is 9.87. The summed E-state index contributed by atoms with van der Waals surface area (Å²) in [6.07, 6.45) is 6.13. The van der Waals surface area contributed by atoms with Crippen LogP contribution in [0.2, 0.25) is 0 Å². The Hall–Kier alpha value is -1.35. The fourth-order valence-electron chi connectivity index (χ4n) is 3.82. The minimum atomic E-state index is -0.218. The van der Waals surface area contributed by atoms with Gasteiger partial charge in [-0.25, -0.2) is 0 Å². The standard InChI is InChI=1S/C17H23NO2/c19-16-11-6-9-14(16)15-10-4-5-12-18(15)17(20)13-7-2-1-3-8-13/h1-3,7-8,14-16,19H,4-6,9-12H2. The molecule has 3 rings (SSSR count). The summed E-state index contributed by atoms with van der Waals surface area (Å²) in [5, 5.41) is 10.2. The van der Waals surface area contributed by atoms with E-state index in [4.69, 9.17) is 0 Å². The predicted octanol–water partition coefficient (Wildman–Crippen LogP) is 2.84. The van der Waals surface area contributed by atoms with Crippen LogP contribution in [0.15, 0.2) is 30.3 Å². The fraction of sp³-hybridized carbons (Fsp3) is 0.588. The molecule has 2 aliphatic rings. The third-order valence-corrected chi connectivity index (χ3v) is 4.86. The molecule has 1 N–H and O–H groups in total. The summed E-state index contributed by atoms with van der Waals surface area (Å²) in [7, 11) is 0. The van der Waals surface area contributed by atoms with Crippen molar-refractivity contribution in [2.45, 2.75) is 50.7 Å². The van der Waals surface area contributed by atoms with Crippen molar-refractivity contribution in [3.05, 3.63) is 35.9 Å². The molecule has 0 aromatic heterocycles. The van der Waals surface area contributed by atoms with Crippen molar-refractivity contribution in [3.63, 3.8) is 0 Å². The average Bonchev–Trinajstić information content (AvgIpc) is 2.93. The van der Waals surface area contributed by atoms with Crippen molar-refractivity contribution in [2.24, 2.45) is 5.92 Å². The van der Waals surface area contributed by atoms with Crippen molar-refractivity contribution in [2.75, 3.05) is 6.54 Å². The number of nitrogens with zero attached hydrogens (tertiary/aromatic N) is 1. The number of piperidine rings is 1. The Morgan fingerprint density at radius 2 is 1.85 bits per heavy atom. The molecule has 1 saturated carbocycles. The summed E-state index contributed by atoms with van der Waals surface area (Å²) in [6.45, 7) is 0.835. The van der Waals surface area contributed by atoms with E-state index in [0.717, 1.165) is 44.2 Å². The Kier molecular flexibility index (Phi) is 4.06. The monoisotopic (exact) mass is 273 g/mol. The van der Waals surface area contributed by atoms with E-state index in [1.54, 1.807) is 0 Å². The third kappa shape index (κ3) is 2.59. The van der Waals surface area contributed by atoms with Crippen molar-refractivity contribution in [1.29, 1.82) is 0 Å². The number of amides is 1. The van der Waals surface area contributed by atoms with E-state index in [0.29, 0.717) is 0 Å². The van der Waals surface area contributed by atoms with Gasteiger partial charge in [0.1, 0.15) is 0 Å². The van der Waals surface area contributed by atoms with Gasteiger partial charge in [0.05, 0.1) is 6.10 Å². The number of aliphatic hydroxyl groups excluding tert-OH is 1. The highest BCUT2D eigenvalue weighted by Gasteiger charge is 2.38. The largest absolute Gasteiger partial charge is 0.393 e. The fourth-order valence-corrected chi connectivity index (χ4v) is 3.82. The molecular weight excluding hydrogens is 250 g/mol. The molecule has 1 amide bonds. The molecule has 20 heavy (non-hydrogen) atoms. The van der Waals surface area contributed by atoms with E-state index in [9.17, 15) is 9.90 Å². The van der Waals surface area contributed by atoms with E-state index < -0.39 is 0 Å². The topological polar surface area (TPSA) is 40.5 Å². The Morgan fingerprint density at radius 1 is 1.05 bits per heavy atom. The first-order chi connectivity index (χ1) is 9.77. The highest BCUT2D eigenvalue weighted by molar-refractivity contribution is 5.94. The number of hydrogen-bond donors (Lipinski definition) is 1. The van der Waals surface area contributed by atoms with Gasteiger partial charge in [0, 0.05) is 24.1 Å². The second-order valence-electron chi connectivity index (χ2n) is 6.09. The Morgan fingerprint density at radius 3 is 2.55 bits per heavy atom. The number of carbonyl (C=O) groups excluding carboxylic acids is 1. The molecule has 0 radical (unpaired) electrons. The molecule has 1 saturated heterocycles. The summed E-state index contributed by atoms with van der Waals surface area (Å²) < 4.78 is 0. The van der Waals surface area contributed by atoms with Crippen LogP contribution >= 0.6 is 0 Å². The van der Waals surface area contributed by atoms with Crippen LogP contribution < -0.4 is 0 Å². The maximum Gasteiger partial charge on any atom is 0.254 e. The molecule has 0 spiro atoms. The van der Waals surface area contributed by atoms with Crippen molar-refractivity contribution in [1.82, 2.24) is 4.90 Å². The van der Waals surface area contributed by atoms with E-state index in [1.807, 2.05) is 35.2 Å². The van der Waals surface area contributed by atoms with Gasteiger partial charge in [-0.15, -0.1) is 0 Å². The van der Waals surface area contributed by atoms with E-state index in [1.165, 1.54) is 6.42 Å². The molecule has 108 valence electrons. The lowest BCUT2D eigenvalue weighted by Crippen LogP contribution is -2.49. The quantitative estimate of drug-likeness (QED) is 0.900. The highest BCUT2D eigenvalue weighted by Crippen LogP contribution is 2.35. The van der Waals surface area contributed by atoms with Crippen LogP contribution in [0, 0.1) is 5.92 Å². The molecule has 1 aliphatic carbocycles.